The van der Waals surface area contributed by atoms with Gasteiger partial charge in [0.1, 0.15) is 0 Å². The van der Waals surface area contributed by atoms with E-state index in [1.807, 2.05) is 0 Å². The molecule has 0 saturated heterocycles. The summed E-state index contributed by atoms with van der Waals surface area (Å²) in [6.07, 6.45) is 1.61. The maximum atomic E-state index is 10.6. The second-order valence-electron chi connectivity index (χ2n) is 2.71. The Morgan fingerprint density at radius 3 is 3.33 bits per heavy atom. The zero-order valence-electron chi connectivity index (χ0n) is 6.45. The number of nitrogens with zero attached hydrogens (tertiary/aromatic N) is 2. The summed E-state index contributed by atoms with van der Waals surface area (Å²) in [5.41, 5.74) is 0.943. The predicted molar refractivity (Wildman–Crippen MR) is 40.9 cm³/mol. The van der Waals surface area contributed by atoms with Gasteiger partial charge in [-0.3, -0.25) is 0 Å². The quantitative estimate of drug-likeness (QED) is 0.601. The van der Waals surface area contributed by atoms with E-state index in [1.165, 1.54) is 0 Å². The minimum absolute atomic E-state index is 0.145. The third kappa shape index (κ3) is 0.984. The number of hydrogen-bond donors (Lipinski definition) is 2. The summed E-state index contributed by atoms with van der Waals surface area (Å²) in [5.74, 6) is -0.811. The van der Waals surface area contributed by atoms with Crippen molar-refractivity contribution < 1.29 is 9.90 Å². The fourth-order valence-corrected chi connectivity index (χ4v) is 1.38. The van der Waals surface area contributed by atoms with E-state index in [9.17, 15) is 4.79 Å². The van der Waals surface area contributed by atoms with Crippen LogP contribution in [0.5, 0.6) is 0 Å². The van der Waals surface area contributed by atoms with Gasteiger partial charge in [-0.1, -0.05) is 0 Å². The van der Waals surface area contributed by atoms with Crippen LogP contribution < -0.4 is 5.32 Å². The average Bonchev–Trinajstić information content (AvgIpc) is 2.47. The SMILES string of the molecule is O=C(O)c1ncc2n1CCNC2. The fraction of sp³-hybridized carbons (Fsp3) is 0.429. The number of imidazole rings is 1. The maximum absolute atomic E-state index is 10.6. The first-order chi connectivity index (χ1) is 5.79. The number of aromatic nitrogens is 2. The van der Waals surface area contributed by atoms with E-state index in [2.05, 4.69) is 10.3 Å². The van der Waals surface area contributed by atoms with Crippen LogP contribution in [-0.4, -0.2) is 27.2 Å². The molecule has 0 unspecified atom stereocenters. The first-order valence-electron chi connectivity index (χ1n) is 3.77. The first kappa shape index (κ1) is 7.30. The molecule has 0 aromatic carbocycles. The minimum atomic E-state index is -0.955. The number of rotatable bonds is 1. The van der Waals surface area contributed by atoms with Gasteiger partial charge in [-0.25, -0.2) is 9.78 Å². The number of fused-ring (bicyclic) bond motifs is 1. The van der Waals surface area contributed by atoms with Crippen LogP contribution in [0.15, 0.2) is 6.20 Å². The highest BCUT2D eigenvalue weighted by molar-refractivity contribution is 5.83. The standard InChI is InChI=1S/C7H9N3O2/c11-7(12)6-9-4-5-3-8-1-2-10(5)6/h4,8H,1-3H2,(H,11,12). The smallest absolute Gasteiger partial charge is 0.372 e. The Labute approximate surface area is 69.0 Å². The molecule has 0 amide bonds. The molecule has 0 bridgehead atoms. The molecule has 2 rings (SSSR count). The van der Waals surface area contributed by atoms with E-state index >= 15 is 0 Å². The Morgan fingerprint density at radius 1 is 1.75 bits per heavy atom. The van der Waals surface area contributed by atoms with Crippen molar-refractivity contribution in [2.24, 2.45) is 0 Å². The van der Waals surface area contributed by atoms with E-state index in [1.54, 1.807) is 10.8 Å². The van der Waals surface area contributed by atoms with E-state index < -0.39 is 5.97 Å². The van der Waals surface area contributed by atoms with Crippen LogP contribution in [0.4, 0.5) is 0 Å². The number of hydrogen-bond acceptors (Lipinski definition) is 3. The molecule has 0 radical (unpaired) electrons. The summed E-state index contributed by atoms with van der Waals surface area (Å²) in [6.45, 7) is 2.21. The molecule has 1 aromatic rings. The first-order valence-corrected chi connectivity index (χ1v) is 3.77. The van der Waals surface area contributed by atoms with Crippen LogP contribution in [0.1, 0.15) is 16.3 Å². The molecule has 0 fully saturated rings. The van der Waals surface area contributed by atoms with Crippen molar-refractivity contribution in [3.8, 4) is 0 Å². The second-order valence-corrected chi connectivity index (χ2v) is 2.71. The van der Waals surface area contributed by atoms with Crippen molar-refractivity contribution in [3.63, 3.8) is 0 Å². The minimum Gasteiger partial charge on any atom is -0.475 e. The molecule has 12 heavy (non-hydrogen) atoms. The Bertz CT molecular complexity index is 318. The van der Waals surface area contributed by atoms with Crippen LogP contribution >= 0.6 is 0 Å². The molecule has 1 aliphatic rings. The summed E-state index contributed by atoms with van der Waals surface area (Å²) in [4.78, 5) is 14.5. The molecule has 0 aliphatic carbocycles. The predicted octanol–water partition coefficient (Wildman–Crippen LogP) is -0.316. The molecule has 0 spiro atoms. The lowest BCUT2D eigenvalue weighted by Gasteiger charge is -2.16. The average molecular weight is 167 g/mol. The van der Waals surface area contributed by atoms with Gasteiger partial charge in [-0.2, -0.15) is 0 Å². The number of carboxylic acids is 1. The zero-order chi connectivity index (χ0) is 8.55. The third-order valence-corrected chi connectivity index (χ3v) is 1.95. The van der Waals surface area contributed by atoms with Crippen molar-refractivity contribution >= 4 is 5.97 Å². The Morgan fingerprint density at radius 2 is 2.58 bits per heavy atom. The summed E-state index contributed by atoms with van der Waals surface area (Å²) < 4.78 is 1.73. The second kappa shape index (κ2) is 2.60. The third-order valence-electron chi connectivity index (χ3n) is 1.95. The monoisotopic (exact) mass is 167 g/mol. The Kier molecular flexibility index (Phi) is 1.58. The Hall–Kier alpha value is -1.36. The van der Waals surface area contributed by atoms with Gasteiger partial charge >= 0.3 is 5.97 Å². The summed E-state index contributed by atoms with van der Waals surface area (Å²) in [5, 5.41) is 11.9. The largest absolute Gasteiger partial charge is 0.475 e. The fourth-order valence-electron chi connectivity index (χ4n) is 1.38. The van der Waals surface area contributed by atoms with Gasteiger partial charge in [0, 0.05) is 19.6 Å². The van der Waals surface area contributed by atoms with Crippen LogP contribution in [0.25, 0.3) is 0 Å². The van der Waals surface area contributed by atoms with Gasteiger partial charge in [0.05, 0.1) is 11.9 Å². The molecule has 2 heterocycles. The van der Waals surface area contributed by atoms with Crippen LogP contribution in [-0.2, 0) is 13.1 Å². The highest BCUT2D eigenvalue weighted by Crippen LogP contribution is 2.08. The lowest BCUT2D eigenvalue weighted by Crippen LogP contribution is -2.29. The van der Waals surface area contributed by atoms with Crippen molar-refractivity contribution in [2.75, 3.05) is 6.54 Å². The molecule has 0 saturated carbocycles. The maximum Gasteiger partial charge on any atom is 0.372 e. The zero-order valence-corrected chi connectivity index (χ0v) is 6.45. The molecule has 1 aromatic heterocycles. The molecule has 2 N–H and O–H groups in total. The van der Waals surface area contributed by atoms with Crippen LogP contribution in [0, 0.1) is 0 Å². The number of carbonyl (C=O) groups is 1. The molecule has 5 heteroatoms. The molecular formula is C7H9N3O2. The van der Waals surface area contributed by atoms with E-state index in [0.29, 0.717) is 13.1 Å². The van der Waals surface area contributed by atoms with E-state index in [-0.39, 0.29) is 5.82 Å². The highest BCUT2D eigenvalue weighted by Gasteiger charge is 2.17. The lowest BCUT2D eigenvalue weighted by atomic mass is 10.3. The molecule has 1 aliphatic heterocycles. The summed E-state index contributed by atoms with van der Waals surface area (Å²) >= 11 is 0. The van der Waals surface area contributed by atoms with Gasteiger partial charge in [0.25, 0.3) is 0 Å². The van der Waals surface area contributed by atoms with Crippen LogP contribution in [0.3, 0.4) is 0 Å². The Balaban J connectivity index is 2.44. The summed E-state index contributed by atoms with van der Waals surface area (Å²) in [7, 11) is 0. The van der Waals surface area contributed by atoms with Crippen molar-refractivity contribution in [1.29, 1.82) is 0 Å². The highest BCUT2D eigenvalue weighted by atomic mass is 16.4. The number of aromatic carboxylic acids is 1. The van der Waals surface area contributed by atoms with Gasteiger partial charge < -0.3 is 15.0 Å². The van der Waals surface area contributed by atoms with Crippen molar-refractivity contribution in [3.05, 3.63) is 17.7 Å². The summed E-state index contributed by atoms with van der Waals surface area (Å²) in [6, 6.07) is 0. The van der Waals surface area contributed by atoms with Crippen LogP contribution in [0.2, 0.25) is 0 Å². The topological polar surface area (TPSA) is 67.1 Å². The molecule has 64 valence electrons. The molecular weight excluding hydrogens is 158 g/mol. The molecule has 5 nitrogen and oxygen atoms in total. The van der Waals surface area contributed by atoms with Gasteiger partial charge in [-0.15, -0.1) is 0 Å². The van der Waals surface area contributed by atoms with E-state index in [0.717, 1.165) is 12.2 Å². The van der Waals surface area contributed by atoms with Gasteiger partial charge in [-0.05, 0) is 0 Å². The van der Waals surface area contributed by atoms with E-state index in [4.69, 9.17) is 5.11 Å². The number of carboxylic acid groups (broad SMARTS) is 1. The van der Waals surface area contributed by atoms with Gasteiger partial charge in [0.15, 0.2) is 0 Å². The number of nitrogens with one attached hydrogen (secondary N) is 1. The van der Waals surface area contributed by atoms with Crippen molar-refractivity contribution in [1.82, 2.24) is 14.9 Å². The van der Waals surface area contributed by atoms with Gasteiger partial charge in [0.2, 0.25) is 5.82 Å². The lowest BCUT2D eigenvalue weighted by molar-refractivity contribution is 0.0677. The van der Waals surface area contributed by atoms with Crippen molar-refractivity contribution in [2.45, 2.75) is 13.1 Å². The normalized spacial score (nSPS) is 15.7. The molecule has 0 atom stereocenters.